The Bertz CT molecular complexity index is 171. The number of nitrogens with zero attached hydrogens (tertiary/aromatic N) is 1. The lowest BCUT2D eigenvalue weighted by Crippen LogP contribution is -2.37. The molecule has 1 aliphatic carbocycles. The number of likely N-dealkylation sites (tertiary alicyclic amines) is 1. The van der Waals surface area contributed by atoms with Crippen LogP contribution in [0.2, 0.25) is 0 Å². The molecule has 2 fully saturated rings. The summed E-state index contributed by atoms with van der Waals surface area (Å²) in [5, 5.41) is 3.60. The minimum atomic E-state index is 0.811. The molecule has 0 bridgehead atoms. The molecule has 1 N–H and O–H groups in total. The molecule has 1 atom stereocenters. The minimum Gasteiger partial charge on any atom is -0.314 e. The summed E-state index contributed by atoms with van der Waals surface area (Å²) in [6.45, 7) is 6.33. The van der Waals surface area contributed by atoms with Gasteiger partial charge in [-0.15, -0.1) is 0 Å². The summed E-state index contributed by atoms with van der Waals surface area (Å²) >= 11 is 0. The van der Waals surface area contributed by atoms with Crippen molar-refractivity contribution in [2.45, 2.75) is 64.0 Å². The summed E-state index contributed by atoms with van der Waals surface area (Å²) in [6, 6.07) is 1.70. The molecule has 1 heterocycles. The van der Waals surface area contributed by atoms with Gasteiger partial charge in [-0.3, -0.25) is 0 Å². The summed E-state index contributed by atoms with van der Waals surface area (Å²) < 4.78 is 0. The Morgan fingerprint density at radius 1 is 1.20 bits per heavy atom. The number of hydrogen-bond donors (Lipinski definition) is 1. The van der Waals surface area contributed by atoms with E-state index in [0.29, 0.717) is 0 Å². The zero-order valence-electron chi connectivity index (χ0n) is 10.2. The predicted molar refractivity (Wildman–Crippen MR) is 65.1 cm³/mol. The molecule has 0 spiro atoms. The number of piperidine rings is 1. The van der Waals surface area contributed by atoms with Gasteiger partial charge in [0.2, 0.25) is 0 Å². The molecule has 1 saturated heterocycles. The molecule has 2 rings (SSSR count). The first kappa shape index (κ1) is 11.4. The van der Waals surface area contributed by atoms with Crippen LogP contribution in [0.4, 0.5) is 0 Å². The van der Waals surface area contributed by atoms with Gasteiger partial charge in [0, 0.05) is 12.1 Å². The van der Waals surface area contributed by atoms with Crippen LogP contribution < -0.4 is 5.32 Å². The molecule has 0 radical (unpaired) electrons. The topological polar surface area (TPSA) is 15.3 Å². The zero-order chi connectivity index (χ0) is 10.5. The van der Waals surface area contributed by atoms with Gasteiger partial charge in [0.05, 0.1) is 0 Å². The van der Waals surface area contributed by atoms with Crippen molar-refractivity contribution < 1.29 is 0 Å². The van der Waals surface area contributed by atoms with Gasteiger partial charge in [0.15, 0.2) is 0 Å². The van der Waals surface area contributed by atoms with E-state index in [1.807, 2.05) is 0 Å². The van der Waals surface area contributed by atoms with E-state index in [-0.39, 0.29) is 0 Å². The maximum absolute atomic E-state index is 3.60. The van der Waals surface area contributed by atoms with Crippen molar-refractivity contribution in [3.63, 3.8) is 0 Å². The normalized spacial score (nSPS) is 25.4. The molecule has 0 aromatic heterocycles. The van der Waals surface area contributed by atoms with Crippen LogP contribution in [0.1, 0.15) is 51.9 Å². The predicted octanol–water partition coefficient (Wildman–Crippen LogP) is 2.39. The van der Waals surface area contributed by atoms with E-state index in [2.05, 4.69) is 17.1 Å². The van der Waals surface area contributed by atoms with Gasteiger partial charge in [0.1, 0.15) is 0 Å². The van der Waals surface area contributed by atoms with Gasteiger partial charge in [-0.25, -0.2) is 0 Å². The maximum atomic E-state index is 3.60. The van der Waals surface area contributed by atoms with Crippen LogP contribution in [0.3, 0.4) is 0 Å². The molecular formula is C13H26N2. The van der Waals surface area contributed by atoms with Crippen LogP contribution in [0, 0.1) is 0 Å². The Morgan fingerprint density at radius 3 is 2.60 bits per heavy atom. The third-order valence-electron chi connectivity index (χ3n) is 3.82. The molecule has 88 valence electrons. The average Bonchev–Trinajstić information content (AvgIpc) is 3.09. The van der Waals surface area contributed by atoms with Crippen LogP contribution in [0.15, 0.2) is 0 Å². The average molecular weight is 210 g/mol. The molecule has 0 amide bonds. The molecule has 1 saturated carbocycles. The number of nitrogens with one attached hydrogen (secondary N) is 1. The van der Waals surface area contributed by atoms with E-state index in [0.717, 1.165) is 12.1 Å². The second kappa shape index (κ2) is 5.86. The fraction of sp³-hybridized carbons (Fsp3) is 1.00. The van der Waals surface area contributed by atoms with Gasteiger partial charge in [-0.1, -0.05) is 6.42 Å². The lowest BCUT2D eigenvalue weighted by atomic mass is 10.1. The van der Waals surface area contributed by atoms with Crippen molar-refractivity contribution >= 4 is 0 Å². The summed E-state index contributed by atoms with van der Waals surface area (Å²) in [7, 11) is 0. The van der Waals surface area contributed by atoms with E-state index < -0.39 is 0 Å². The van der Waals surface area contributed by atoms with Crippen molar-refractivity contribution in [2.24, 2.45) is 0 Å². The summed E-state index contributed by atoms with van der Waals surface area (Å²) in [6.07, 6.45) is 9.86. The smallest absolute Gasteiger partial charge is 0.00682 e. The molecule has 15 heavy (non-hydrogen) atoms. The lowest BCUT2D eigenvalue weighted by molar-refractivity contribution is 0.164. The fourth-order valence-electron chi connectivity index (χ4n) is 2.53. The van der Waals surface area contributed by atoms with Crippen LogP contribution in [0.25, 0.3) is 0 Å². The highest BCUT2D eigenvalue weighted by Gasteiger charge is 2.20. The Morgan fingerprint density at radius 2 is 1.93 bits per heavy atom. The van der Waals surface area contributed by atoms with E-state index >= 15 is 0 Å². The number of hydrogen-bond acceptors (Lipinski definition) is 2. The monoisotopic (exact) mass is 210 g/mol. The van der Waals surface area contributed by atoms with Crippen LogP contribution in [-0.2, 0) is 0 Å². The van der Waals surface area contributed by atoms with Gasteiger partial charge < -0.3 is 10.2 Å². The maximum Gasteiger partial charge on any atom is 0.00682 e. The molecule has 1 aliphatic heterocycles. The van der Waals surface area contributed by atoms with E-state index in [9.17, 15) is 0 Å². The highest BCUT2D eigenvalue weighted by atomic mass is 15.1. The van der Waals surface area contributed by atoms with Gasteiger partial charge >= 0.3 is 0 Å². The molecule has 0 aromatic carbocycles. The Balaban J connectivity index is 1.52. The Kier molecular flexibility index (Phi) is 4.45. The van der Waals surface area contributed by atoms with Crippen molar-refractivity contribution in [2.75, 3.05) is 19.6 Å². The van der Waals surface area contributed by atoms with E-state index in [4.69, 9.17) is 0 Å². The number of rotatable bonds is 6. The summed E-state index contributed by atoms with van der Waals surface area (Å²) in [4.78, 5) is 2.68. The second-order valence-corrected chi connectivity index (χ2v) is 5.32. The van der Waals surface area contributed by atoms with Crippen molar-refractivity contribution in [1.29, 1.82) is 0 Å². The minimum absolute atomic E-state index is 0.811. The molecule has 2 heteroatoms. The third-order valence-corrected chi connectivity index (χ3v) is 3.82. The summed E-state index contributed by atoms with van der Waals surface area (Å²) in [5.74, 6) is 0. The van der Waals surface area contributed by atoms with Crippen molar-refractivity contribution in [1.82, 2.24) is 10.2 Å². The first-order valence-corrected chi connectivity index (χ1v) is 6.83. The molecular weight excluding hydrogens is 184 g/mol. The molecule has 0 aromatic rings. The van der Waals surface area contributed by atoms with Crippen LogP contribution >= 0.6 is 0 Å². The Labute approximate surface area is 94.4 Å². The van der Waals surface area contributed by atoms with Gasteiger partial charge in [0.25, 0.3) is 0 Å². The first-order valence-electron chi connectivity index (χ1n) is 6.83. The first-order chi connectivity index (χ1) is 7.36. The lowest BCUT2D eigenvalue weighted by Gasteiger charge is -2.32. The highest BCUT2D eigenvalue weighted by Crippen LogP contribution is 2.19. The van der Waals surface area contributed by atoms with Gasteiger partial charge in [-0.05, 0) is 65.1 Å². The Hall–Kier alpha value is -0.0800. The standard InChI is InChI=1S/C13H26N2/c1-12(15-10-3-2-4-11-15)6-5-9-14-13-7-8-13/h12-14H,2-11H2,1H3. The van der Waals surface area contributed by atoms with E-state index in [1.54, 1.807) is 0 Å². The molecule has 2 nitrogen and oxygen atoms in total. The van der Waals surface area contributed by atoms with Crippen LogP contribution in [0.5, 0.6) is 0 Å². The third kappa shape index (κ3) is 4.12. The van der Waals surface area contributed by atoms with E-state index in [1.165, 1.54) is 64.6 Å². The van der Waals surface area contributed by atoms with Gasteiger partial charge in [-0.2, -0.15) is 0 Å². The molecule has 2 aliphatic rings. The quantitative estimate of drug-likeness (QED) is 0.677. The van der Waals surface area contributed by atoms with Crippen molar-refractivity contribution in [3.05, 3.63) is 0 Å². The fourth-order valence-corrected chi connectivity index (χ4v) is 2.53. The van der Waals surface area contributed by atoms with Crippen LogP contribution in [-0.4, -0.2) is 36.6 Å². The second-order valence-electron chi connectivity index (χ2n) is 5.32. The zero-order valence-corrected chi connectivity index (χ0v) is 10.2. The summed E-state index contributed by atoms with van der Waals surface area (Å²) in [5.41, 5.74) is 0. The molecule has 1 unspecified atom stereocenters. The largest absolute Gasteiger partial charge is 0.314 e. The SMILES string of the molecule is CC(CCCNC1CC1)N1CCCCC1. The van der Waals surface area contributed by atoms with Crippen molar-refractivity contribution in [3.8, 4) is 0 Å². The highest BCUT2D eigenvalue weighted by molar-refractivity contribution is 4.80.